The van der Waals surface area contributed by atoms with Gasteiger partial charge in [-0.3, -0.25) is 4.98 Å². The molecule has 0 aromatic carbocycles. The maximum absolute atomic E-state index is 4.65. The van der Waals surface area contributed by atoms with E-state index in [0.29, 0.717) is 5.92 Å². The van der Waals surface area contributed by atoms with Gasteiger partial charge in [0.1, 0.15) is 0 Å². The van der Waals surface area contributed by atoms with Crippen LogP contribution in [-0.2, 0) is 6.42 Å². The molecule has 3 heteroatoms. The fourth-order valence-corrected chi connectivity index (χ4v) is 1.52. The largest absolute Gasteiger partial charge is 0.333 e. The lowest BCUT2D eigenvalue weighted by atomic mass is 10.1. The highest BCUT2D eigenvalue weighted by Gasteiger charge is 2.08. The van der Waals surface area contributed by atoms with E-state index in [4.69, 9.17) is 0 Å². The molecule has 0 aliphatic heterocycles. The number of hydrogen-bond acceptors (Lipinski definition) is 3. The molecule has 3 N–H and O–H groups in total. The third-order valence-corrected chi connectivity index (χ3v) is 2.46. The highest BCUT2D eigenvalue weighted by atomic mass is 14.9. The summed E-state index contributed by atoms with van der Waals surface area (Å²) >= 11 is 0. The lowest BCUT2D eigenvalue weighted by molar-refractivity contribution is 0.428. The SMILES string of the molecule is CC.CC(C)c1cccc(CCNC(C)(C)C)n1.CN. The Kier molecular flexibility index (Phi) is 12.7. The number of nitrogens with one attached hydrogen (secondary N) is 1. The van der Waals surface area contributed by atoms with E-state index in [0.717, 1.165) is 13.0 Å². The first-order valence-electron chi connectivity index (χ1n) is 7.67. The van der Waals surface area contributed by atoms with Gasteiger partial charge < -0.3 is 11.1 Å². The normalized spacial score (nSPS) is 10.3. The van der Waals surface area contributed by atoms with Crippen LogP contribution in [0, 0.1) is 0 Å². The van der Waals surface area contributed by atoms with Crippen molar-refractivity contribution in [2.75, 3.05) is 13.6 Å². The minimum absolute atomic E-state index is 0.190. The summed E-state index contributed by atoms with van der Waals surface area (Å²) in [7, 11) is 1.50. The van der Waals surface area contributed by atoms with Crippen molar-refractivity contribution in [3.8, 4) is 0 Å². The van der Waals surface area contributed by atoms with Crippen LogP contribution in [0.4, 0.5) is 0 Å². The van der Waals surface area contributed by atoms with Crippen molar-refractivity contribution in [3.05, 3.63) is 29.6 Å². The van der Waals surface area contributed by atoms with Gasteiger partial charge in [0.25, 0.3) is 0 Å². The van der Waals surface area contributed by atoms with Gasteiger partial charge in [-0.05, 0) is 45.9 Å². The second kappa shape index (κ2) is 11.9. The summed E-state index contributed by atoms with van der Waals surface area (Å²) in [5.74, 6) is 0.510. The molecule has 0 fully saturated rings. The summed E-state index contributed by atoms with van der Waals surface area (Å²) in [6.45, 7) is 15.9. The average molecular weight is 281 g/mol. The third kappa shape index (κ3) is 10.9. The molecule has 0 aliphatic rings. The fourth-order valence-electron chi connectivity index (χ4n) is 1.52. The van der Waals surface area contributed by atoms with E-state index in [1.54, 1.807) is 0 Å². The van der Waals surface area contributed by atoms with Crippen molar-refractivity contribution in [3.63, 3.8) is 0 Å². The summed E-state index contributed by atoms with van der Waals surface area (Å²) < 4.78 is 0. The van der Waals surface area contributed by atoms with Crippen molar-refractivity contribution in [1.29, 1.82) is 0 Å². The van der Waals surface area contributed by atoms with Crippen LogP contribution in [0.2, 0.25) is 0 Å². The molecule has 1 rings (SSSR count). The molecule has 0 radical (unpaired) electrons. The highest BCUT2D eigenvalue weighted by Crippen LogP contribution is 2.11. The molecule has 0 saturated heterocycles. The number of hydrogen-bond donors (Lipinski definition) is 2. The lowest BCUT2D eigenvalue weighted by Crippen LogP contribution is -2.37. The van der Waals surface area contributed by atoms with Gasteiger partial charge in [-0.15, -0.1) is 0 Å². The Bertz CT molecular complexity index is 327. The smallest absolute Gasteiger partial charge is 0.0432 e. The standard InChI is InChI=1S/C14H24N2.C2H6.CH5N/c1-11(2)13-8-6-7-12(16-13)9-10-15-14(3,4)5;2*1-2/h6-8,11,15H,9-10H2,1-5H3;1-2H3;2H2,1H3. The van der Waals surface area contributed by atoms with Crippen molar-refractivity contribution >= 4 is 0 Å². The van der Waals surface area contributed by atoms with Crippen LogP contribution in [0.15, 0.2) is 18.2 Å². The van der Waals surface area contributed by atoms with Crippen molar-refractivity contribution in [2.45, 2.75) is 66.3 Å². The minimum atomic E-state index is 0.190. The van der Waals surface area contributed by atoms with E-state index < -0.39 is 0 Å². The molecule has 118 valence electrons. The third-order valence-electron chi connectivity index (χ3n) is 2.46. The number of nitrogens with zero attached hydrogens (tertiary/aromatic N) is 1. The van der Waals surface area contributed by atoms with Crippen LogP contribution in [0.3, 0.4) is 0 Å². The molecular weight excluding hydrogens is 246 g/mol. The zero-order chi connectivity index (χ0) is 16.2. The molecule has 0 aliphatic carbocycles. The van der Waals surface area contributed by atoms with Gasteiger partial charge in [0.2, 0.25) is 0 Å². The molecule has 0 saturated carbocycles. The molecule has 20 heavy (non-hydrogen) atoms. The summed E-state index contributed by atoms with van der Waals surface area (Å²) in [6, 6.07) is 6.32. The monoisotopic (exact) mass is 281 g/mol. The summed E-state index contributed by atoms with van der Waals surface area (Å²) in [5, 5.41) is 3.48. The second-order valence-corrected chi connectivity index (χ2v) is 5.64. The van der Waals surface area contributed by atoms with Crippen LogP contribution in [-0.4, -0.2) is 24.1 Å². The molecule has 3 nitrogen and oxygen atoms in total. The second-order valence-electron chi connectivity index (χ2n) is 5.64. The van der Waals surface area contributed by atoms with Crippen molar-refractivity contribution < 1.29 is 0 Å². The van der Waals surface area contributed by atoms with E-state index in [2.05, 4.69) is 68.9 Å². The van der Waals surface area contributed by atoms with Gasteiger partial charge in [-0.1, -0.05) is 33.8 Å². The first-order valence-corrected chi connectivity index (χ1v) is 7.67. The Morgan fingerprint density at radius 3 is 2.15 bits per heavy atom. The predicted molar refractivity (Wildman–Crippen MR) is 91.2 cm³/mol. The maximum atomic E-state index is 4.65. The number of rotatable bonds is 4. The van der Waals surface area contributed by atoms with Crippen LogP contribution in [0.5, 0.6) is 0 Å². The van der Waals surface area contributed by atoms with E-state index in [9.17, 15) is 0 Å². The number of aromatic nitrogens is 1. The van der Waals surface area contributed by atoms with Gasteiger partial charge >= 0.3 is 0 Å². The van der Waals surface area contributed by atoms with Gasteiger partial charge in [0.05, 0.1) is 0 Å². The Labute approximate surface area is 126 Å². The Balaban J connectivity index is 0. The summed E-state index contributed by atoms with van der Waals surface area (Å²) in [4.78, 5) is 4.65. The van der Waals surface area contributed by atoms with Crippen LogP contribution < -0.4 is 11.1 Å². The van der Waals surface area contributed by atoms with Gasteiger partial charge in [-0.2, -0.15) is 0 Å². The van der Waals surface area contributed by atoms with Crippen LogP contribution >= 0.6 is 0 Å². The van der Waals surface area contributed by atoms with E-state index in [-0.39, 0.29) is 5.54 Å². The van der Waals surface area contributed by atoms with E-state index in [1.807, 2.05) is 13.8 Å². The molecule has 1 aromatic rings. The molecule has 1 aromatic heterocycles. The van der Waals surface area contributed by atoms with Gasteiger partial charge in [-0.25, -0.2) is 0 Å². The van der Waals surface area contributed by atoms with E-state index in [1.165, 1.54) is 18.4 Å². The van der Waals surface area contributed by atoms with Crippen molar-refractivity contribution in [2.24, 2.45) is 5.73 Å². The zero-order valence-corrected chi connectivity index (χ0v) is 14.7. The lowest BCUT2D eigenvalue weighted by Gasteiger charge is -2.20. The Hall–Kier alpha value is -0.930. The molecule has 0 unspecified atom stereocenters. The summed E-state index contributed by atoms with van der Waals surface area (Å²) in [6.07, 6.45) is 0.998. The highest BCUT2D eigenvalue weighted by molar-refractivity contribution is 5.14. The van der Waals surface area contributed by atoms with Gasteiger partial charge in [0.15, 0.2) is 0 Å². The molecule has 0 bridgehead atoms. The minimum Gasteiger partial charge on any atom is -0.333 e. The van der Waals surface area contributed by atoms with Gasteiger partial charge in [0, 0.05) is 29.9 Å². The van der Waals surface area contributed by atoms with Crippen molar-refractivity contribution in [1.82, 2.24) is 10.3 Å². The Morgan fingerprint density at radius 2 is 1.70 bits per heavy atom. The molecule has 0 atom stereocenters. The fraction of sp³-hybridized carbons (Fsp3) is 0.706. The first kappa shape index (κ1) is 21.4. The van der Waals surface area contributed by atoms with E-state index >= 15 is 0 Å². The number of pyridine rings is 1. The molecular formula is C17H35N3. The Morgan fingerprint density at radius 1 is 1.15 bits per heavy atom. The first-order chi connectivity index (χ1) is 9.38. The topological polar surface area (TPSA) is 50.9 Å². The van der Waals surface area contributed by atoms with Crippen LogP contribution in [0.1, 0.15) is 65.8 Å². The average Bonchev–Trinajstić information content (AvgIpc) is 2.42. The number of nitrogens with two attached hydrogens (primary N) is 1. The molecule has 0 amide bonds. The molecule has 0 spiro atoms. The molecule has 1 heterocycles. The summed E-state index contributed by atoms with van der Waals surface area (Å²) in [5.41, 5.74) is 7.06. The van der Waals surface area contributed by atoms with Crippen LogP contribution in [0.25, 0.3) is 0 Å². The predicted octanol–water partition coefficient (Wildman–Crippen LogP) is 3.74. The quantitative estimate of drug-likeness (QED) is 0.884. The maximum Gasteiger partial charge on any atom is 0.0432 e. The zero-order valence-electron chi connectivity index (χ0n) is 14.7.